The van der Waals surface area contributed by atoms with E-state index in [1.165, 1.54) is 272 Å². The average Bonchev–Trinajstić information content (AvgIpc) is 1.52. The van der Waals surface area contributed by atoms with E-state index in [9.17, 15) is 0 Å². The van der Waals surface area contributed by atoms with Crippen LogP contribution in [0.3, 0.4) is 0 Å². The van der Waals surface area contributed by atoms with Crippen molar-refractivity contribution in [1.29, 1.82) is 0 Å². The summed E-state index contributed by atoms with van der Waals surface area (Å²) in [5.41, 5.74) is 31.7. The predicted octanol–water partition coefficient (Wildman–Crippen LogP) is 30.7. The SMILES string of the molecule is CCCCCCCCC1(CCCCCCCC)c2cc(N(c3ccc4c(c3)C(C)(C)c3cc(-c5ccccc5-c5ccccc5)c5oc6ccccc6c5c3-4)c3ccc(C)cc3C)ccc2-c2cc3c(cc21)-c1c(ccc2oc4ccccc4c12)C3(CCCCCCCC)CCCCCCCC. The van der Waals surface area contributed by atoms with Crippen molar-refractivity contribution in [1.82, 2.24) is 0 Å². The van der Waals surface area contributed by atoms with Gasteiger partial charge in [0.2, 0.25) is 0 Å². The van der Waals surface area contributed by atoms with Gasteiger partial charge in [-0.1, -0.05) is 323 Å². The number of hydrogen-bond donors (Lipinski definition) is 0. The number of hydrogen-bond acceptors (Lipinski definition) is 3. The van der Waals surface area contributed by atoms with Crippen LogP contribution >= 0.6 is 0 Å². The van der Waals surface area contributed by atoms with Crippen molar-refractivity contribution in [2.45, 2.75) is 251 Å². The molecule has 2 aromatic heterocycles. The maximum Gasteiger partial charge on any atom is 0.143 e. The van der Waals surface area contributed by atoms with Gasteiger partial charge in [0.1, 0.15) is 22.3 Å². The summed E-state index contributed by atoms with van der Waals surface area (Å²) in [5.74, 6) is 0. The van der Waals surface area contributed by atoms with Gasteiger partial charge >= 0.3 is 0 Å². The number of para-hydroxylation sites is 2. The molecule has 15 rings (SSSR count). The van der Waals surface area contributed by atoms with Crippen LogP contribution in [0.1, 0.15) is 266 Å². The molecule has 0 spiro atoms. The number of anilines is 3. The van der Waals surface area contributed by atoms with Crippen LogP contribution in [0.25, 0.3) is 99.5 Å². The molecule has 3 aliphatic carbocycles. The van der Waals surface area contributed by atoms with Crippen LogP contribution in [0.2, 0.25) is 0 Å². The molecule has 0 amide bonds. The minimum absolute atomic E-state index is 0.100. The minimum Gasteiger partial charge on any atom is -0.456 e. The zero-order valence-electron chi connectivity index (χ0n) is 63.0. The minimum atomic E-state index is -0.354. The van der Waals surface area contributed by atoms with Gasteiger partial charge in [-0.15, -0.1) is 0 Å². The smallest absolute Gasteiger partial charge is 0.143 e. The molecule has 0 atom stereocenters. The van der Waals surface area contributed by atoms with E-state index < -0.39 is 0 Å². The van der Waals surface area contributed by atoms with Crippen LogP contribution in [-0.4, -0.2) is 0 Å². The molecule has 0 N–H and O–H groups in total. The van der Waals surface area contributed by atoms with Crippen molar-refractivity contribution in [2.75, 3.05) is 4.90 Å². The fourth-order valence-corrected chi connectivity index (χ4v) is 19.6. The molecule has 0 saturated carbocycles. The van der Waals surface area contributed by atoms with E-state index in [2.05, 4.69) is 248 Å². The lowest BCUT2D eigenvalue weighted by atomic mass is 9.68. The highest BCUT2D eigenvalue weighted by atomic mass is 16.3. The number of fused-ring (bicyclic) bond motifs is 17. The van der Waals surface area contributed by atoms with Crippen molar-refractivity contribution in [3.63, 3.8) is 0 Å². The molecule has 3 nitrogen and oxygen atoms in total. The predicted molar refractivity (Wildman–Crippen MR) is 438 cm³/mol. The van der Waals surface area contributed by atoms with E-state index in [0.29, 0.717) is 0 Å². The molecule has 12 aromatic rings. The van der Waals surface area contributed by atoms with Gasteiger partial charge in [0.15, 0.2) is 0 Å². The molecule has 2 heterocycles. The summed E-state index contributed by atoms with van der Waals surface area (Å²) in [5, 5.41) is 4.95. The normalized spacial score (nSPS) is 14.2. The lowest BCUT2D eigenvalue weighted by Crippen LogP contribution is -2.27. The second kappa shape index (κ2) is 30.1. The standard InChI is InChI=1S/C99H111NO2/c1-9-13-17-21-25-38-58-98(59-39-26-22-18-14-10-2)82-55-57-91-94(77-46-34-36-48-89(77)101-91)93(82)81-67-85-79(65-86(81)98)75-53-51-72(64-84(75)99(85,60-40-27-23-19-15-11-3)61-41-28-24-20-16-12-4)100(88-56-50-68(5)62-69(88)6)71-52-54-76-83(63-71)97(7,8)87-66-80(74-45-33-32-44-73(74)70-42-30-29-31-43-70)96-95(92(76)87)78-47-35-37-49-90(78)102-96/h29-37,42-57,62-67H,9-28,38-41,58-61H2,1-8H3. The number of benzene rings is 10. The summed E-state index contributed by atoms with van der Waals surface area (Å²) < 4.78 is 14.1. The molecule has 0 bridgehead atoms. The van der Waals surface area contributed by atoms with Crippen LogP contribution in [0.4, 0.5) is 17.1 Å². The van der Waals surface area contributed by atoms with E-state index in [0.717, 1.165) is 46.1 Å². The van der Waals surface area contributed by atoms with Gasteiger partial charge in [-0.05, 0) is 195 Å². The molecule has 3 aliphatic rings. The third-order valence-electron chi connectivity index (χ3n) is 24.8. The van der Waals surface area contributed by atoms with E-state index in [4.69, 9.17) is 8.83 Å². The first-order valence-electron chi connectivity index (χ1n) is 40.5. The van der Waals surface area contributed by atoms with Gasteiger partial charge in [-0.3, -0.25) is 0 Å². The molecule has 0 radical (unpaired) electrons. The Morgan fingerprint density at radius 1 is 0.314 bits per heavy atom. The molecular formula is C99H111NO2. The van der Waals surface area contributed by atoms with Gasteiger partial charge in [0, 0.05) is 60.4 Å². The second-order valence-corrected chi connectivity index (χ2v) is 31.9. The second-order valence-electron chi connectivity index (χ2n) is 31.9. The third-order valence-corrected chi connectivity index (χ3v) is 24.8. The number of nitrogens with zero attached hydrogens (tertiary/aromatic N) is 1. The summed E-state index contributed by atoms with van der Waals surface area (Å²) in [6.07, 6.45) is 35.6. The van der Waals surface area contributed by atoms with E-state index in [-0.39, 0.29) is 16.2 Å². The molecule has 102 heavy (non-hydrogen) atoms. The Balaban J connectivity index is 0.928. The zero-order valence-corrected chi connectivity index (χ0v) is 63.0. The molecule has 524 valence electrons. The lowest BCUT2D eigenvalue weighted by Gasteiger charge is -2.35. The Labute approximate surface area is 610 Å². The Morgan fingerprint density at radius 3 is 1.39 bits per heavy atom. The number of furan rings is 2. The Kier molecular flexibility index (Phi) is 20.5. The quantitative estimate of drug-likeness (QED) is 0.0384. The average molecular weight is 1350 g/mol. The highest BCUT2D eigenvalue weighted by Crippen LogP contribution is 2.64. The summed E-state index contributed by atoms with van der Waals surface area (Å²) in [6, 6.07) is 73.2. The first-order chi connectivity index (χ1) is 50.0. The largest absolute Gasteiger partial charge is 0.456 e. The zero-order chi connectivity index (χ0) is 70.0. The van der Waals surface area contributed by atoms with Crippen LogP contribution in [0.5, 0.6) is 0 Å². The summed E-state index contributed by atoms with van der Waals surface area (Å²) >= 11 is 0. The van der Waals surface area contributed by atoms with Crippen LogP contribution in [0.15, 0.2) is 197 Å². The topological polar surface area (TPSA) is 29.5 Å². The fourth-order valence-electron chi connectivity index (χ4n) is 19.6. The molecule has 0 aliphatic heterocycles. The Morgan fingerprint density at radius 2 is 0.784 bits per heavy atom. The summed E-state index contributed by atoms with van der Waals surface area (Å²) in [7, 11) is 0. The first-order valence-corrected chi connectivity index (χ1v) is 40.5. The van der Waals surface area contributed by atoms with Crippen molar-refractivity contribution < 1.29 is 8.83 Å². The van der Waals surface area contributed by atoms with Crippen LogP contribution in [0, 0.1) is 13.8 Å². The van der Waals surface area contributed by atoms with E-state index in [1.54, 1.807) is 22.3 Å². The maximum atomic E-state index is 7.13. The highest BCUT2D eigenvalue weighted by molar-refractivity contribution is 6.20. The fraction of sp³-hybridized carbons (Fsp3) is 0.394. The van der Waals surface area contributed by atoms with Crippen molar-refractivity contribution >= 4 is 60.9 Å². The van der Waals surface area contributed by atoms with Gasteiger partial charge in [-0.25, -0.2) is 0 Å². The lowest BCUT2D eigenvalue weighted by molar-refractivity contribution is 0.394. The van der Waals surface area contributed by atoms with Crippen molar-refractivity contribution in [3.8, 4) is 55.6 Å². The molecule has 0 unspecified atom stereocenters. The summed E-state index contributed by atoms with van der Waals surface area (Å²) in [6.45, 7) is 19.0. The van der Waals surface area contributed by atoms with Crippen LogP contribution in [-0.2, 0) is 16.2 Å². The maximum absolute atomic E-state index is 7.13. The number of aryl methyl sites for hydroxylation is 2. The van der Waals surface area contributed by atoms with Gasteiger partial charge in [0.05, 0.1) is 0 Å². The van der Waals surface area contributed by atoms with Crippen LogP contribution < -0.4 is 4.90 Å². The Bertz CT molecular complexity index is 4940. The molecular weight excluding hydrogens is 1240 g/mol. The number of rotatable bonds is 33. The third kappa shape index (κ3) is 12.6. The van der Waals surface area contributed by atoms with Gasteiger partial charge in [-0.2, -0.15) is 0 Å². The van der Waals surface area contributed by atoms with Gasteiger partial charge in [0.25, 0.3) is 0 Å². The van der Waals surface area contributed by atoms with Crippen molar-refractivity contribution in [3.05, 3.63) is 233 Å². The highest BCUT2D eigenvalue weighted by Gasteiger charge is 2.49. The van der Waals surface area contributed by atoms with E-state index in [1.807, 2.05) is 0 Å². The van der Waals surface area contributed by atoms with Gasteiger partial charge < -0.3 is 13.7 Å². The molecule has 10 aromatic carbocycles. The first kappa shape index (κ1) is 69.3. The summed E-state index contributed by atoms with van der Waals surface area (Å²) in [4.78, 5) is 2.66. The monoisotopic (exact) mass is 1350 g/mol. The molecule has 0 saturated heterocycles. The molecule has 0 fully saturated rings. The van der Waals surface area contributed by atoms with E-state index >= 15 is 0 Å². The Hall–Kier alpha value is -8.40. The van der Waals surface area contributed by atoms with Crippen molar-refractivity contribution in [2.24, 2.45) is 0 Å². The molecule has 3 heteroatoms. The number of unbranched alkanes of at least 4 members (excludes halogenated alkanes) is 20.